The van der Waals surface area contributed by atoms with Gasteiger partial charge < -0.3 is 5.11 Å². The molecule has 1 heterocycles. The van der Waals surface area contributed by atoms with Gasteiger partial charge in [0.1, 0.15) is 5.82 Å². The lowest BCUT2D eigenvalue weighted by Crippen LogP contribution is -2.07. The van der Waals surface area contributed by atoms with Crippen LogP contribution >= 0.6 is 0 Å². The van der Waals surface area contributed by atoms with Crippen molar-refractivity contribution in [2.24, 2.45) is 0 Å². The SMILES string of the molecule is CC(O)CC(C)c1ccncc1F. The fourth-order valence-electron chi connectivity index (χ4n) is 1.42. The number of aliphatic hydroxyl groups excluding tert-OH is 1. The molecule has 72 valence electrons. The maximum Gasteiger partial charge on any atom is 0.144 e. The van der Waals surface area contributed by atoms with Crippen molar-refractivity contribution in [3.8, 4) is 0 Å². The van der Waals surface area contributed by atoms with Crippen LogP contribution in [0.25, 0.3) is 0 Å². The molecule has 2 nitrogen and oxygen atoms in total. The lowest BCUT2D eigenvalue weighted by molar-refractivity contribution is 0.176. The van der Waals surface area contributed by atoms with Crippen molar-refractivity contribution in [3.63, 3.8) is 0 Å². The van der Waals surface area contributed by atoms with E-state index in [4.69, 9.17) is 5.11 Å². The summed E-state index contributed by atoms with van der Waals surface area (Å²) in [6.07, 6.45) is 2.94. The zero-order valence-corrected chi connectivity index (χ0v) is 7.87. The Morgan fingerprint density at radius 2 is 2.23 bits per heavy atom. The largest absolute Gasteiger partial charge is 0.393 e. The maximum atomic E-state index is 13.1. The Bertz CT molecular complexity index is 275. The van der Waals surface area contributed by atoms with Gasteiger partial charge in [-0.25, -0.2) is 4.39 Å². The van der Waals surface area contributed by atoms with Crippen molar-refractivity contribution in [3.05, 3.63) is 29.8 Å². The molecule has 0 bridgehead atoms. The Kier molecular flexibility index (Phi) is 3.37. The second kappa shape index (κ2) is 4.33. The van der Waals surface area contributed by atoms with Gasteiger partial charge in [0.15, 0.2) is 0 Å². The van der Waals surface area contributed by atoms with Gasteiger partial charge in [0.25, 0.3) is 0 Å². The summed E-state index contributed by atoms with van der Waals surface area (Å²) >= 11 is 0. The fourth-order valence-corrected chi connectivity index (χ4v) is 1.42. The summed E-state index contributed by atoms with van der Waals surface area (Å²) in [6, 6.07) is 1.66. The molecule has 0 aliphatic carbocycles. The minimum atomic E-state index is -0.400. The highest BCUT2D eigenvalue weighted by Crippen LogP contribution is 2.22. The molecule has 0 aromatic carbocycles. The number of halogens is 1. The molecular formula is C10H14FNO. The van der Waals surface area contributed by atoms with Gasteiger partial charge in [0.05, 0.1) is 12.3 Å². The molecule has 13 heavy (non-hydrogen) atoms. The third-order valence-electron chi connectivity index (χ3n) is 2.03. The van der Waals surface area contributed by atoms with Crippen LogP contribution < -0.4 is 0 Å². The molecule has 2 unspecified atom stereocenters. The van der Waals surface area contributed by atoms with E-state index in [-0.39, 0.29) is 11.7 Å². The molecule has 1 aromatic rings. The first-order valence-corrected chi connectivity index (χ1v) is 4.38. The minimum Gasteiger partial charge on any atom is -0.393 e. The van der Waals surface area contributed by atoms with E-state index in [9.17, 15) is 4.39 Å². The second-order valence-corrected chi connectivity index (χ2v) is 3.38. The Labute approximate surface area is 77.4 Å². The smallest absolute Gasteiger partial charge is 0.144 e. The summed E-state index contributed by atoms with van der Waals surface area (Å²) in [4.78, 5) is 3.67. The van der Waals surface area contributed by atoms with Crippen molar-refractivity contribution in [2.45, 2.75) is 32.3 Å². The highest BCUT2D eigenvalue weighted by Gasteiger charge is 2.12. The van der Waals surface area contributed by atoms with Crippen LogP contribution in [-0.4, -0.2) is 16.2 Å². The average Bonchev–Trinajstić information content (AvgIpc) is 2.03. The Hall–Kier alpha value is -0.960. The summed E-state index contributed by atoms with van der Waals surface area (Å²) in [5.41, 5.74) is 0.621. The molecule has 2 atom stereocenters. The average molecular weight is 183 g/mol. The molecule has 0 aliphatic heterocycles. The van der Waals surface area contributed by atoms with E-state index < -0.39 is 6.10 Å². The number of hydrogen-bond acceptors (Lipinski definition) is 2. The van der Waals surface area contributed by atoms with Gasteiger partial charge in [-0.1, -0.05) is 6.92 Å². The van der Waals surface area contributed by atoms with Crippen LogP contribution in [0.4, 0.5) is 4.39 Å². The summed E-state index contributed by atoms with van der Waals surface area (Å²) < 4.78 is 13.1. The van der Waals surface area contributed by atoms with Gasteiger partial charge in [-0.3, -0.25) is 4.98 Å². The maximum absolute atomic E-state index is 13.1. The number of nitrogens with zero attached hydrogens (tertiary/aromatic N) is 1. The molecule has 3 heteroatoms. The van der Waals surface area contributed by atoms with Gasteiger partial charge in [-0.15, -0.1) is 0 Å². The first kappa shape index (κ1) is 10.1. The fraction of sp³-hybridized carbons (Fsp3) is 0.500. The molecule has 1 aromatic heterocycles. The van der Waals surface area contributed by atoms with Gasteiger partial charge in [-0.05, 0) is 30.9 Å². The molecule has 0 saturated heterocycles. The number of pyridine rings is 1. The van der Waals surface area contributed by atoms with Crippen LogP contribution in [0.2, 0.25) is 0 Å². The molecule has 0 fully saturated rings. The number of hydrogen-bond donors (Lipinski definition) is 1. The van der Waals surface area contributed by atoms with E-state index in [1.165, 1.54) is 6.20 Å². The predicted octanol–water partition coefficient (Wildman–Crippen LogP) is 2.10. The topological polar surface area (TPSA) is 33.1 Å². The summed E-state index contributed by atoms with van der Waals surface area (Å²) in [5.74, 6) is -0.265. The molecule has 0 spiro atoms. The molecule has 1 N–H and O–H groups in total. The first-order chi connectivity index (χ1) is 6.11. The Morgan fingerprint density at radius 1 is 1.54 bits per heavy atom. The van der Waals surface area contributed by atoms with Crippen molar-refractivity contribution < 1.29 is 9.50 Å². The third kappa shape index (κ3) is 2.77. The molecule has 0 amide bonds. The second-order valence-electron chi connectivity index (χ2n) is 3.38. The van der Waals surface area contributed by atoms with Crippen LogP contribution in [-0.2, 0) is 0 Å². The van der Waals surface area contributed by atoms with Gasteiger partial charge >= 0.3 is 0 Å². The Balaban J connectivity index is 2.76. The van der Waals surface area contributed by atoms with Crippen LogP contribution in [0.3, 0.4) is 0 Å². The molecule has 1 rings (SSSR count). The summed E-state index contributed by atoms with van der Waals surface area (Å²) in [7, 11) is 0. The monoisotopic (exact) mass is 183 g/mol. The highest BCUT2D eigenvalue weighted by atomic mass is 19.1. The van der Waals surface area contributed by atoms with Crippen LogP contribution in [0.15, 0.2) is 18.5 Å². The van der Waals surface area contributed by atoms with Crippen molar-refractivity contribution >= 4 is 0 Å². The van der Waals surface area contributed by atoms with E-state index in [1.54, 1.807) is 19.2 Å². The normalized spacial score (nSPS) is 15.4. The van der Waals surface area contributed by atoms with Crippen LogP contribution in [0.5, 0.6) is 0 Å². The van der Waals surface area contributed by atoms with E-state index >= 15 is 0 Å². The van der Waals surface area contributed by atoms with Crippen LogP contribution in [0, 0.1) is 5.82 Å². The van der Waals surface area contributed by atoms with Crippen molar-refractivity contribution in [1.82, 2.24) is 4.98 Å². The summed E-state index contributed by atoms with van der Waals surface area (Å²) in [6.45, 7) is 3.60. The zero-order chi connectivity index (χ0) is 9.84. The van der Waals surface area contributed by atoms with E-state index in [0.717, 1.165) is 0 Å². The predicted molar refractivity (Wildman–Crippen MR) is 48.9 cm³/mol. The lowest BCUT2D eigenvalue weighted by atomic mass is 9.96. The Morgan fingerprint density at radius 3 is 2.77 bits per heavy atom. The molecule has 0 aliphatic rings. The van der Waals surface area contributed by atoms with E-state index in [1.807, 2.05) is 6.92 Å². The first-order valence-electron chi connectivity index (χ1n) is 4.38. The van der Waals surface area contributed by atoms with Gasteiger partial charge in [0, 0.05) is 6.20 Å². The molecule has 0 radical (unpaired) electrons. The van der Waals surface area contributed by atoms with Crippen molar-refractivity contribution in [2.75, 3.05) is 0 Å². The van der Waals surface area contributed by atoms with Crippen LogP contribution in [0.1, 0.15) is 31.7 Å². The van der Waals surface area contributed by atoms with E-state index in [0.29, 0.717) is 12.0 Å². The minimum absolute atomic E-state index is 0.0306. The van der Waals surface area contributed by atoms with Crippen molar-refractivity contribution in [1.29, 1.82) is 0 Å². The van der Waals surface area contributed by atoms with Gasteiger partial charge in [-0.2, -0.15) is 0 Å². The van der Waals surface area contributed by atoms with E-state index in [2.05, 4.69) is 4.98 Å². The third-order valence-corrected chi connectivity index (χ3v) is 2.03. The quantitative estimate of drug-likeness (QED) is 0.778. The summed E-state index contributed by atoms with van der Waals surface area (Å²) in [5, 5.41) is 9.14. The zero-order valence-electron chi connectivity index (χ0n) is 7.87. The number of rotatable bonds is 3. The lowest BCUT2D eigenvalue weighted by Gasteiger charge is -2.13. The number of aliphatic hydroxyl groups is 1. The molecular weight excluding hydrogens is 169 g/mol. The highest BCUT2D eigenvalue weighted by molar-refractivity contribution is 5.17. The molecule has 0 saturated carbocycles. The standard InChI is InChI=1S/C10H14FNO/c1-7(5-8(2)13)9-3-4-12-6-10(9)11/h3-4,6-8,13H,5H2,1-2H3. The number of aromatic nitrogens is 1. The van der Waals surface area contributed by atoms with Gasteiger partial charge in [0.2, 0.25) is 0 Å².